The minimum Gasteiger partial charge on any atom is -0.325 e. The van der Waals surface area contributed by atoms with Crippen LogP contribution in [0, 0.1) is 0 Å². The van der Waals surface area contributed by atoms with Crippen LogP contribution in [0.15, 0.2) is 47.9 Å². The number of pyridine rings is 1. The van der Waals surface area contributed by atoms with Crippen molar-refractivity contribution in [3.63, 3.8) is 0 Å². The van der Waals surface area contributed by atoms with Gasteiger partial charge in [-0.1, -0.05) is 11.8 Å². The molecule has 0 bridgehead atoms. The Balaban J connectivity index is 1.48. The first kappa shape index (κ1) is 17.4. The van der Waals surface area contributed by atoms with Crippen LogP contribution >= 0.6 is 11.8 Å². The minimum absolute atomic E-state index is 0.0113. The summed E-state index contributed by atoms with van der Waals surface area (Å²) < 4.78 is 1.86. The molecule has 27 heavy (non-hydrogen) atoms. The Morgan fingerprint density at radius 3 is 2.78 bits per heavy atom. The fourth-order valence-corrected chi connectivity index (χ4v) is 3.80. The van der Waals surface area contributed by atoms with Gasteiger partial charge < -0.3 is 9.88 Å². The van der Waals surface area contributed by atoms with Crippen molar-refractivity contribution in [2.45, 2.75) is 18.0 Å². The summed E-state index contributed by atoms with van der Waals surface area (Å²) in [7, 11) is 1.87. The van der Waals surface area contributed by atoms with E-state index in [2.05, 4.69) is 20.5 Å². The van der Waals surface area contributed by atoms with Crippen LogP contribution < -0.4 is 5.32 Å². The predicted octanol–water partition coefficient (Wildman–Crippen LogP) is 2.91. The Bertz CT molecular complexity index is 1030. The summed E-state index contributed by atoms with van der Waals surface area (Å²) in [6.07, 6.45) is 3.41. The molecule has 4 rings (SSSR count). The molecule has 1 N–H and O–H groups in total. The van der Waals surface area contributed by atoms with Crippen LogP contribution in [-0.2, 0) is 11.8 Å². The Morgan fingerprint density at radius 1 is 1.22 bits per heavy atom. The zero-order valence-corrected chi connectivity index (χ0v) is 15.7. The van der Waals surface area contributed by atoms with E-state index in [9.17, 15) is 9.59 Å². The second kappa shape index (κ2) is 6.96. The summed E-state index contributed by atoms with van der Waals surface area (Å²) in [5, 5.41) is 11.9. The van der Waals surface area contributed by atoms with Crippen LogP contribution in [-0.4, -0.2) is 37.2 Å². The number of ketones is 1. The molecule has 3 heterocycles. The summed E-state index contributed by atoms with van der Waals surface area (Å²) in [4.78, 5) is 28.4. The lowest BCUT2D eigenvalue weighted by molar-refractivity contribution is -0.116. The lowest BCUT2D eigenvalue weighted by Gasteiger charge is -2.06. The summed E-state index contributed by atoms with van der Waals surface area (Å²) in [5.74, 6) is 0.691. The van der Waals surface area contributed by atoms with Crippen LogP contribution in [0.25, 0.3) is 11.4 Å². The topological polar surface area (TPSA) is 89.8 Å². The highest BCUT2D eigenvalue weighted by molar-refractivity contribution is 7.99. The van der Waals surface area contributed by atoms with Crippen LogP contribution in [0.2, 0.25) is 0 Å². The second-order valence-corrected chi connectivity index (χ2v) is 7.27. The molecule has 0 fully saturated rings. The van der Waals surface area contributed by atoms with E-state index in [0.29, 0.717) is 10.7 Å². The number of hydrogen-bond donors (Lipinski definition) is 1. The van der Waals surface area contributed by atoms with E-state index >= 15 is 0 Å². The second-order valence-electron chi connectivity index (χ2n) is 6.33. The van der Waals surface area contributed by atoms with Crippen molar-refractivity contribution in [2.24, 2.45) is 7.05 Å². The average molecular weight is 379 g/mol. The number of Topliss-reactive ketones (excluding diaryl/α,β-unsaturated/α-hetero) is 1. The zero-order chi connectivity index (χ0) is 19.0. The van der Waals surface area contributed by atoms with Gasteiger partial charge >= 0.3 is 0 Å². The molecule has 0 spiro atoms. The lowest BCUT2D eigenvalue weighted by Crippen LogP contribution is -2.08. The fourth-order valence-electron chi connectivity index (χ4n) is 3.00. The molecule has 3 aromatic rings. The molecule has 1 aromatic carbocycles. The normalized spacial score (nSPS) is 15.5. The summed E-state index contributed by atoms with van der Waals surface area (Å²) >= 11 is 1.34. The van der Waals surface area contributed by atoms with Crippen molar-refractivity contribution < 1.29 is 9.59 Å². The molecule has 0 unspecified atom stereocenters. The zero-order valence-electron chi connectivity index (χ0n) is 14.8. The van der Waals surface area contributed by atoms with Crippen LogP contribution in [0.3, 0.4) is 0 Å². The first-order chi connectivity index (χ1) is 13.0. The molecule has 8 heteroatoms. The van der Waals surface area contributed by atoms with Gasteiger partial charge in [-0.05, 0) is 42.8 Å². The van der Waals surface area contributed by atoms with Gasteiger partial charge in [0.05, 0.1) is 11.7 Å². The highest BCUT2D eigenvalue weighted by Crippen LogP contribution is 2.33. The molecule has 1 amide bonds. The number of carbonyl (C=O) groups is 2. The van der Waals surface area contributed by atoms with Crippen LogP contribution in [0.4, 0.5) is 5.69 Å². The van der Waals surface area contributed by atoms with Crippen LogP contribution in [0.5, 0.6) is 0 Å². The van der Waals surface area contributed by atoms with E-state index in [1.807, 2.05) is 30.7 Å². The third kappa shape index (κ3) is 3.23. The van der Waals surface area contributed by atoms with Crippen molar-refractivity contribution >= 4 is 29.1 Å². The molecule has 7 nitrogen and oxygen atoms in total. The predicted molar refractivity (Wildman–Crippen MR) is 103 cm³/mol. The molecule has 1 atom stereocenters. The van der Waals surface area contributed by atoms with Crippen molar-refractivity contribution in [2.75, 3.05) is 11.1 Å². The quantitative estimate of drug-likeness (QED) is 0.542. The number of anilines is 1. The SMILES string of the molecule is C[C@H]1C(=O)Nc2ccc(C(=O)CSc3nnc(-c4ccncc4)n3C)cc21. The van der Waals surface area contributed by atoms with E-state index in [1.54, 1.807) is 30.6 Å². The molecule has 0 saturated heterocycles. The number of nitrogens with zero attached hydrogens (tertiary/aromatic N) is 4. The Morgan fingerprint density at radius 2 is 2.00 bits per heavy atom. The van der Waals surface area contributed by atoms with Gasteiger partial charge in [0, 0.05) is 36.3 Å². The highest BCUT2D eigenvalue weighted by Gasteiger charge is 2.27. The monoisotopic (exact) mass is 379 g/mol. The number of fused-ring (bicyclic) bond motifs is 1. The van der Waals surface area contributed by atoms with Gasteiger partial charge in [-0.25, -0.2) is 0 Å². The molecule has 0 aliphatic carbocycles. The number of nitrogens with one attached hydrogen (secondary N) is 1. The third-order valence-electron chi connectivity index (χ3n) is 4.60. The Hall–Kier alpha value is -3.00. The largest absolute Gasteiger partial charge is 0.325 e. The number of aromatic nitrogens is 4. The van der Waals surface area contributed by atoms with Gasteiger partial charge in [0.1, 0.15) is 0 Å². The molecule has 1 aliphatic heterocycles. The number of rotatable bonds is 5. The van der Waals surface area contributed by atoms with Gasteiger partial charge in [0.25, 0.3) is 0 Å². The molecular formula is C19H17N5O2S. The maximum Gasteiger partial charge on any atom is 0.231 e. The Kier molecular flexibility index (Phi) is 4.49. The number of thioether (sulfide) groups is 1. The van der Waals surface area contributed by atoms with Gasteiger partial charge in [-0.3, -0.25) is 14.6 Å². The molecular weight excluding hydrogens is 362 g/mol. The standard InChI is InChI=1S/C19H17N5O2S/c1-11-14-9-13(3-4-15(14)21-18(11)26)16(25)10-27-19-23-22-17(24(19)2)12-5-7-20-8-6-12/h3-9,11H,10H2,1-2H3,(H,21,26)/t11-/m1/s1. The molecule has 1 aliphatic rings. The van der Waals surface area contributed by atoms with E-state index in [1.165, 1.54) is 11.8 Å². The average Bonchev–Trinajstić information content (AvgIpc) is 3.20. The summed E-state index contributed by atoms with van der Waals surface area (Å²) in [6, 6.07) is 9.08. The number of hydrogen-bond acceptors (Lipinski definition) is 6. The number of amides is 1. The van der Waals surface area contributed by atoms with Gasteiger partial charge in [0.2, 0.25) is 5.91 Å². The van der Waals surface area contributed by atoms with E-state index in [0.717, 1.165) is 22.6 Å². The molecule has 136 valence electrons. The van der Waals surface area contributed by atoms with Crippen molar-refractivity contribution in [1.82, 2.24) is 19.7 Å². The summed E-state index contributed by atoms with van der Waals surface area (Å²) in [5.41, 5.74) is 3.17. The van der Waals surface area contributed by atoms with Crippen LogP contribution in [0.1, 0.15) is 28.8 Å². The van der Waals surface area contributed by atoms with E-state index in [4.69, 9.17) is 0 Å². The molecule has 0 radical (unpaired) electrons. The molecule has 0 saturated carbocycles. The molecule has 2 aromatic heterocycles. The Labute approximate surface area is 160 Å². The number of carbonyl (C=O) groups excluding carboxylic acids is 2. The van der Waals surface area contributed by atoms with Gasteiger partial charge in [0.15, 0.2) is 16.8 Å². The van der Waals surface area contributed by atoms with Crippen molar-refractivity contribution in [3.8, 4) is 11.4 Å². The van der Waals surface area contributed by atoms with Gasteiger partial charge in [-0.2, -0.15) is 0 Å². The lowest BCUT2D eigenvalue weighted by atomic mass is 9.99. The van der Waals surface area contributed by atoms with E-state index < -0.39 is 0 Å². The smallest absolute Gasteiger partial charge is 0.231 e. The maximum atomic E-state index is 12.6. The first-order valence-corrected chi connectivity index (χ1v) is 9.43. The van der Waals surface area contributed by atoms with E-state index in [-0.39, 0.29) is 23.4 Å². The minimum atomic E-state index is -0.234. The maximum absolute atomic E-state index is 12.6. The highest BCUT2D eigenvalue weighted by atomic mass is 32.2. The van der Waals surface area contributed by atoms with Crippen molar-refractivity contribution in [3.05, 3.63) is 53.9 Å². The fraction of sp³-hybridized carbons (Fsp3) is 0.211. The first-order valence-electron chi connectivity index (χ1n) is 8.45. The number of benzene rings is 1. The summed E-state index contributed by atoms with van der Waals surface area (Å²) in [6.45, 7) is 1.84. The van der Waals surface area contributed by atoms with Crippen molar-refractivity contribution in [1.29, 1.82) is 0 Å². The third-order valence-corrected chi connectivity index (χ3v) is 5.62. The van der Waals surface area contributed by atoms with Gasteiger partial charge in [-0.15, -0.1) is 10.2 Å².